The molecule has 5 heteroatoms. The first kappa shape index (κ1) is 12.0. The number of benzene rings is 1. The molecule has 0 saturated carbocycles. The molecule has 0 fully saturated rings. The Balaban J connectivity index is 2.40. The third kappa shape index (κ3) is 5.39. The Labute approximate surface area is 90.0 Å². The molecule has 0 aliphatic carbocycles. The highest BCUT2D eigenvalue weighted by atomic mass is 32.2. The van der Waals surface area contributed by atoms with Gasteiger partial charge in [0.15, 0.2) is 0 Å². The lowest BCUT2D eigenvalue weighted by Gasteiger charge is -2.13. The summed E-state index contributed by atoms with van der Waals surface area (Å²) < 4.78 is 31.5. The first-order chi connectivity index (χ1) is 6.97. The van der Waals surface area contributed by atoms with Crippen molar-refractivity contribution in [2.75, 3.05) is 12.9 Å². The molecule has 15 heavy (non-hydrogen) atoms. The van der Waals surface area contributed by atoms with Gasteiger partial charge in [-0.05, 0) is 19.1 Å². The maximum atomic E-state index is 10.7. The number of hydrogen-bond acceptors (Lipinski definition) is 4. The largest absolute Gasteiger partial charge is 0.488 e. The Morgan fingerprint density at radius 1 is 1.27 bits per heavy atom. The Bertz CT molecular complexity index is 385. The van der Waals surface area contributed by atoms with Crippen LogP contribution in [0.3, 0.4) is 0 Å². The quantitative estimate of drug-likeness (QED) is 0.718. The van der Waals surface area contributed by atoms with Crippen molar-refractivity contribution in [2.45, 2.75) is 13.0 Å². The maximum Gasteiger partial charge on any atom is 0.264 e. The van der Waals surface area contributed by atoms with E-state index < -0.39 is 10.1 Å². The number of rotatable bonds is 5. The summed E-state index contributed by atoms with van der Waals surface area (Å²) in [5, 5.41) is 0. The summed E-state index contributed by atoms with van der Waals surface area (Å²) in [4.78, 5) is 0. The average molecular weight is 230 g/mol. The van der Waals surface area contributed by atoms with Crippen molar-refractivity contribution in [1.82, 2.24) is 0 Å². The molecule has 0 amide bonds. The average Bonchev–Trinajstić information content (AvgIpc) is 2.15. The number of para-hydroxylation sites is 1. The fourth-order valence-electron chi connectivity index (χ4n) is 0.985. The second kappa shape index (κ2) is 5.14. The van der Waals surface area contributed by atoms with Crippen molar-refractivity contribution in [3.63, 3.8) is 0 Å². The highest BCUT2D eigenvalue weighted by Gasteiger charge is 2.08. The van der Waals surface area contributed by atoms with E-state index in [0.29, 0.717) is 5.75 Å². The van der Waals surface area contributed by atoms with E-state index in [4.69, 9.17) is 4.74 Å². The molecule has 0 spiro atoms. The van der Waals surface area contributed by atoms with Crippen LogP contribution in [0.5, 0.6) is 5.75 Å². The maximum absolute atomic E-state index is 10.7. The SMILES string of the molecule is C[C@@H](COS(C)(=O)=O)Oc1ccccc1. The van der Waals surface area contributed by atoms with Crippen LogP contribution in [0.15, 0.2) is 30.3 Å². The topological polar surface area (TPSA) is 52.6 Å². The van der Waals surface area contributed by atoms with E-state index in [2.05, 4.69) is 4.18 Å². The summed E-state index contributed by atoms with van der Waals surface area (Å²) in [6.45, 7) is 1.77. The fraction of sp³-hybridized carbons (Fsp3) is 0.400. The minimum atomic E-state index is -3.39. The lowest BCUT2D eigenvalue weighted by atomic mass is 10.3. The first-order valence-corrected chi connectivity index (χ1v) is 6.35. The lowest BCUT2D eigenvalue weighted by Crippen LogP contribution is -2.21. The van der Waals surface area contributed by atoms with Gasteiger partial charge in [0.05, 0.1) is 6.26 Å². The van der Waals surface area contributed by atoms with Gasteiger partial charge < -0.3 is 4.74 Å². The minimum absolute atomic E-state index is 0.0216. The standard InChI is InChI=1S/C10H14O4S/c1-9(8-13-15(2,11)12)14-10-6-4-3-5-7-10/h3-7,9H,8H2,1-2H3/t9-/m0/s1. The highest BCUT2D eigenvalue weighted by Crippen LogP contribution is 2.10. The molecule has 4 nitrogen and oxygen atoms in total. The number of hydrogen-bond donors (Lipinski definition) is 0. The van der Waals surface area contributed by atoms with Gasteiger partial charge in [-0.25, -0.2) is 0 Å². The third-order valence-corrected chi connectivity index (χ3v) is 2.16. The molecule has 0 aliphatic rings. The Morgan fingerprint density at radius 2 is 1.87 bits per heavy atom. The van der Waals surface area contributed by atoms with Crippen LogP contribution >= 0.6 is 0 Å². The molecule has 0 saturated heterocycles. The summed E-state index contributed by atoms with van der Waals surface area (Å²) in [6, 6.07) is 9.18. The van der Waals surface area contributed by atoms with E-state index in [1.54, 1.807) is 19.1 Å². The Hall–Kier alpha value is -1.07. The van der Waals surface area contributed by atoms with E-state index in [1.165, 1.54) is 0 Å². The normalized spacial score (nSPS) is 13.5. The molecule has 0 aliphatic heterocycles. The van der Waals surface area contributed by atoms with Crippen molar-refractivity contribution in [3.8, 4) is 5.75 Å². The van der Waals surface area contributed by atoms with Crippen molar-refractivity contribution in [2.24, 2.45) is 0 Å². The molecule has 1 rings (SSSR count). The minimum Gasteiger partial charge on any atom is -0.488 e. The van der Waals surface area contributed by atoms with Crippen LogP contribution in [0.1, 0.15) is 6.92 Å². The molecule has 0 unspecified atom stereocenters. The van der Waals surface area contributed by atoms with Crippen LogP contribution in [0.2, 0.25) is 0 Å². The highest BCUT2D eigenvalue weighted by molar-refractivity contribution is 7.85. The third-order valence-electron chi connectivity index (χ3n) is 1.60. The summed E-state index contributed by atoms with van der Waals surface area (Å²) >= 11 is 0. The molecule has 0 N–H and O–H groups in total. The van der Waals surface area contributed by atoms with E-state index >= 15 is 0 Å². The molecule has 0 bridgehead atoms. The summed E-state index contributed by atoms with van der Waals surface area (Å²) in [5.41, 5.74) is 0. The Morgan fingerprint density at radius 3 is 2.40 bits per heavy atom. The van der Waals surface area contributed by atoms with Gasteiger partial charge in [0.1, 0.15) is 18.5 Å². The van der Waals surface area contributed by atoms with E-state index in [9.17, 15) is 8.42 Å². The van der Waals surface area contributed by atoms with Gasteiger partial charge in [-0.2, -0.15) is 8.42 Å². The van der Waals surface area contributed by atoms with Crippen LogP contribution in [-0.4, -0.2) is 27.4 Å². The van der Waals surface area contributed by atoms with Gasteiger partial charge >= 0.3 is 0 Å². The van der Waals surface area contributed by atoms with Crippen LogP contribution in [0.4, 0.5) is 0 Å². The van der Waals surface area contributed by atoms with Gasteiger partial charge in [0, 0.05) is 0 Å². The zero-order chi connectivity index (χ0) is 11.3. The zero-order valence-electron chi connectivity index (χ0n) is 8.71. The molecule has 0 radical (unpaired) electrons. The van der Waals surface area contributed by atoms with Crippen molar-refractivity contribution in [1.29, 1.82) is 0 Å². The first-order valence-electron chi connectivity index (χ1n) is 4.53. The van der Waals surface area contributed by atoms with Crippen LogP contribution in [0, 0.1) is 0 Å². The molecule has 1 aromatic rings. The molecular formula is C10H14O4S. The molecule has 84 valence electrons. The summed E-state index contributed by atoms with van der Waals surface area (Å²) in [7, 11) is -3.39. The van der Waals surface area contributed by atoms with Crippen molar-refractivity contribution in [3.05, 3.63) is 30.3 Å². The van der Waals surface area contributed by atoms with Crippen molar-refractivity contribution < 1.29 is 17.3 Å². The van der Waals surface area contributed by atoms with E-state index in [0.717, 1.165) is 6.26 Å². The zero-order valence-corrected chi connectivity index (χ0v) is 9.53. The van der Waals surface area contributed by atoms with Crippen LogP contribution in [0.25, 0.3) is 0 Å². The number of ether oxygens (including phenoxy) is 1. The smallest absolute Gasteiger partial charge is 0.264 e. The summed E-state index contributed by atoms with van der Waals surface area (Å²) in [5.74, 6) is 0.696. The fourth-order valence-corrected chi connectivity index (χ4v) is 1.42. The second-order valence-electron chi connectivity index (χ2n) is 3.23. The van der Waals surface area contributed by atoms with E-state index in [-0.39, 0.29) is 12.7 Å². The molecule has 0 aromatic heterocycles. The lowest BCUT2D eigenvalue weighted by molar-refractivity contribution is 0.147. The predicted octanol–water partition coefficient (Wildman–Crippen LogP) is 1.43. The molecular weight excluding hydrogens is 216 g/mol. The van der Waals surface area contributed by atoms with Crippen molar-refractivity contribution >= 4 is 10.1 Å². The van der Waals surface area contributed by atoms with Crippen LogP contribution in [-0.2, 0) is 14.3 Å². The van der Waals surface area contributed by atoms with Gasteiger partial charge in [0.2, 0.25) is 0 Å². The molecule has 1 atom stereocenters. The Kier molecular flexibility index (Phi) is 4.11. The summed E-state index contributed by atoms with van der Waals surface area (Å²) in [6.07, 6.45) is 0.713. The molecule has 1 aromatic carbocycles. The second-order valence-corrected chi connectivity index (χ2v) is 4.87. The van der Waals surface area contributed by atoms with Gasteiger partial charge in [-0.1, -0.05) is 18.2 Å². The van der Waals surface area contributed by atoms with Gasteiger partial charge in [-0.15, -0.1) is 0 Å². The van der Waals surface area contributed by atoms with E-state index in [1.807, 2.05) is 18.2 Å². The molecule has 0 heterocycles. The van der Waals surface area contributed by atoms with Gasteiger partial charge in [-0.3, -0.25) is 4.18 Å². The monoisotopic (exact) mass is 230 g/mol. The van der Waals surface area contributed by atoms with Gasteiger partial charge in [0.25, 0.3) is 10.1 Å². The predicted molar refractivity (Wildman–Crippen MR) is 57.3 cm³/mol. The van der Waals surface area contributed by atoms with Crippen LogP contribution < -0.4 is 4.74 Å².